The van der Waals surface area contributed by atoms with Gasteiger partial charge in [0.2, 0.25) is 17.7 Å². The van der Waals surface area contributed by atoms with Gasteiger partial charge in [-0.15, -0.1) is 0 Å². The Hall–Kier alpha value is -3.28. The molecule has 4 amide bonds. The summed E-state index contributed by atoms with van der Waals surface area (Å²) in [6.45, 7) is 4.03. The standard InChI is InChI=1S/C23H35N7O4S/c1-3-13(2)18-22(34)28-16(9-6-10-27-23(25)26)21(33)29-17(19(24)31)12-35-11-14-7-4-5-8-15(14)20(32)30-18/h4-5,7-8,13,16-18H,3,6,9-12H2,1-2H3,(H2,24,31)(H,28,34)(H,29,33)(H,30,32)(H4,25,26,27)/t13-,16-,17?,18-/m0/s1. The van der Waals surface area contributed by atoms with Gasteiger partial charge in [-0.1, -0.05) is 38.5 Å². The molecule has 0 radical (unpaired) electrons. The summed E-state index contributed by atoms with van der Waals surface area (Å²) in [4.78, 5) is 55.4. The number of aliphatic imine (C=N–C) groups is 1. The number of fused-ring (bicyclic) bond motifs is 1. The summed E-state index contributed by atoms with van der Waals surface area (Å²) < 4.78 is 0. The first-order valence-corrected chi connectivity index (χ1v) is 12.7. The predicted molar refractivity (Wildman–Crippen MR) is 136 cm³/mol. The zero-order valence-corrected chi connectivity index (χ0v) is 20.9. The maximum absolute atomic E-state index is 13.3. The van der Waals surface area contributed by atoms with E-state index in [4.69, 9.17) is 17.2 Å². The number of amides is 4. The Morgan fingerprint density at radius 3 is 2.49 bits per heavy atom. The highest BCUT2D eigenvalue weighted by atomic mass is 32.2. The molecule has 9 N–H and O–H groups in total. The molecule has 1 aliphatic rings. The largest absolute Gasteiger partial charge is 0.370 e. The minimum atomic E-state index is -0.970. The van der Waals surface area contributed by atoms with Crippen LogP contribution in [-0.4, -0.2) is 60.0 Å². The second-order valence-electron chi connectivity index (χ2n) is 8.48. The zero-order valence-electron chi connectivity index (χ0n) is 20.1. The molecular formula is C23H35N7O4S. The lowest BCUT2D eigenvalue weighted by molar-refractivity contribution is -0.132. The third kappa shape index (κ3) is 8.46. The van der Waals surface area contributed by atoms with Crippen LogP contribution in [0.25, 0.3) is 0 Å². The number of benzene rings is 1. The highest BCUT2D eigenvalue weighted by Gasteiger charge is 2.32. The van der Waals surface area contributed by atoms with Gasteiger partial charge in [0.05, 0.1) is 0 Å². The van der Waals surface area contributed by atoms with Crippen LogP contribution in [0.1, 0.15) is 49.0 Å². The first-order chi connectivity index (χ1) is 16.6. The van der Waals surface area contributed by atoms with Crippen molar-refractivity contribution in [3.63, 3.8) is 0 Å². The maximum atomic E-state index is 13.3. The fourth-order valence-corrected chi connectivity index (χ4v) is 4.65. The van der Waals surface area contributed by atoms with Gasteiger partial charge in [0.25, 0.3) is 5.91 Å². The lowest BCUT2D eigenvalue weighted by Gasteiger charge is -2.28. The smallest absolute Gasteiger partial charge is 0.252 e. The van der Waals surface area contributed by atoms with Gasteiger partial charge >= 0.3 is 0 Å². The van der Waals surface area contributed by atoms with Gasteiger partial charge in [-0.2, -0.15) is 11.8 Å². The number of thioether (sulfide) groups is 1. The van der Waals surface area contributed by atoms with Crippen molar-refractivity contribution in [1.29, 1.82) is 0 Å². The molecule has 0 saturated heterocycles. The molecule has 4 atom stereocenters. The Morgan fingerprint density at radius 1 is 1.11 bits per heavy atom. The Morgan fingerprint density at radius 2 is 1.83 bits per heavy atom. The van der Waals surface area contributed by atoms with Crippen LogP contribution in [-0.2, 0) is 20.1 Å². The molecule has 0 fully saturated rings. The van der Waals surface area contributed by atoms with Crippen LogP contribution in [0.15, 0.2) is 29.3 Å². The molecule has 0 saturated carbocycles. The molecule has 35 heavy (non-hydrogen) atoms. The zero-order chi connectivity index (χ0) is 26.0. The molecule has 1 heterocycles. The first kappa shape index (κ1) is 28.0. The minimum Gasteiger partial charge on any atom is -0.370 e. The van der Waals surface area contributed by atoms with E-state index >= 15 is 0 Å². The topological polar surface area (TPSA) is 195 Å². The lowest BCUT2D eigenvalue weighted by atomic mass is 9.96. The number of carbonyl (C=O) groups is 4. The van der Waals surface area contributed by atoms with Crippen molar-refractivity contribution >= 4 is 41.4 Å². The van der Waals surface area contributed by atoms with Gasteiger partial charge in [-0.25, -0.2) is 0 Å². The highest BCUT2D eigenvalue weighted by molar-refractivity contribution is 7.98. The van der Waals surface area contributed by atoms with Crippen molar-refractivity contribution in [1.82, 2.24) is 16.0 Å². The van der Waals surface area contributed by atoms with Crippen LogP contribution in [0.4, 0.5) is 0 Å². The van der Waals surface area contributed by atoms with E-state index in [1.807, 2.05) is 26.0 Å². The van der Waals surface area contributed by atoms with E-state index in [2.05, 4.69) is 20.9 Å². The van der Waals surface area contributed by atoms with Gasteiger partial charge in [-0.05, 0) is 30.4 Å². The van der Waals surface area contributed by atoms with Crippen LogP contribution in [0.5, 0.6) is 0 Å². The second-order valence-corrected chi connectivity index (χ2v) is 9.51. The average molecular weight is 506 g/mol. The highest BCUT2D eigenvalue weighted by Crippen LogP contribution is 2.19. The summed E-state index contributed by atoms with van der Waals surface area (Å²) in [7, 11) is 0. The van der Waals surface area contributed by atoms with Crippen LogP contribution in [0, 0.1) is 5.92 Å². The number of nitrogens with one attached hydrogen (secondary N) is 3. The third-order valence-electron chi connectivity index (χ3n) is 5.82. The van der Waals surface area contributed by atoms with E-state index in [0.717, 1.165) is 5.56 Å². The summed E-state index contributed by atoms with van der Waals surface area (Å²) in [6, 6.07) is 4.30. The number of primary amides is 1. The molecule has 11 nitrogen and oxygen atoms in total. The van der Waals surface area contributed by atoms with Crippen LogP contribution in [0.2, 0.25) is 0 Å². The van der Waals surface area contributed by atoms with E-state index in [9.17, 15) is 19.2 Å². The van der Waals surface area contributed by atoms with Crippen molar-refractivity contribution in [2.45, 2.75) is 57.0 Å². The normalized spacial score (nSPS) is 22.5. The summed E-state index contributed by atoms with van der Waals surface area (Å²) in [5.41, 5.74) is 17.4. The van der Waals surface area contributed by atoms with Gasteiger partial charge in [0.15, 0.2) is 5.96 Å². The number of carbonyl (C=O) groups excluding carboxylic acids is 4. The number of hydrogen-bond acceptors (Lipinski definition) is 6. The second kappa shape index (κ2) is 13.6. The molecule has 1 aliphatic heterocycles. The molecule has 1 unspecified atom stereocenters. The Balaban J connectivity index is 2.39. The Kier molecular flexibility index (Phi) is 10.8. The van der Waals surface area contributed by atoms with E-state index in [-0.39, 0.29) is 36.5 Å². The van der Waals surface area contributed by atoms with Crippen molar-refractivity contribution in [3.05, 3.63) is 35.4 Å². The minimum absolute atomic E-state index is 0.0739. The lowest BCUT2D eigenvalue weighted by Crippen LogP contribution is -2.58. The molecule has 2 rings (SSSR count). The fraction of sp³-hybridized carbons (Fsp3) is 0.522. The van der Waals surface area contributed by atoms with Gasteiger partial charge in [0, 0.05) is 23.6 Å². The van der Waals surface area contributed by atoms with Crippen molar-refractivity contribution in [3.8, 4) is 0 Å². The van der Waals surface area contributed by atoms with E-state index < -0.39 is 35.8 Å². The van der Waals surface area contributed by atoms with E-state index in [1.165, 1.54) is 11.8 Å². The molecule has 1 aromatic rings. The van der Waals surface area contributed by atoms with Gasteiger partial charge in [0.1, 0.15) is 18.1 Å². The number of guanidine groups is 1. The summed E-state index contributed by atoms with van der Waals surface area (Å²) in [6.07, 6.45) is 1.25. The molecule has 12 heteroatoms. The number of nitrogens with two attached hydrogens (primary N) is 3. The number of hydrogen-bond donors (Lipinski definition) is 6. The maximum Gasteiger partial charge on any atom is 0.252 e. The summed E-state index contributed by atoms with van der Waals surface area (Å²) in [5, 5.41) is 8.25. The van der Waals surface area contributed by atoms with Crippen LogP contribution >= 0.6 is 11.8 Å². The summed E-state index contributed by atoms with van der Waals surface area (Å²) >= 11 is 1.37. The fourth-order valence-electron chi connectivity index (χ4n) is 3.58. The van der Waals surface area contributed by atoms with Crippen molar-refractivity contribution in [2.24, 2.45) is 28.1 Å². The van der Waals surface area contributed by atoms with Gasteiger partial charge < -0.3 is 33.2 Å². The first-order valence-electron chi connectivity index (χ1n) is 11.6. The monoisotopic (exact) mass is 505 g/mol. The van der Waals surface area contributed by atoms with Crippen molar-refractivity contribution < 1.29 is 19.2 Å². The quantitative estimate of drug-likeness (QED) is 0.164. The van der Waals surface area contributed by atoms with E-state index in [0.29, 0.717) is 24.2 Å². The average Bonchev–Trinajstić information content (AvgIpc) is 2.82. The molecule has 0 aliphatic carbocycles. The molecule has 0 bridgehead atoms. The summed E-state index contributed by atoms with van der Waals surface area (Å²) in [5.74, 6) is -1.74. The Bertz CT molecular complexity index is 952. The van der Waals surface area contributed by atoms with Gasteiger partial charge in [-0.3, -0.25) is 24.2 Å². The molecule has 0 spiro atoms. The Labute approximate surface area is 209 Å². The molecule has 1 aromatic carbocycles. The molecule has 192 valence electrons. The van der Waals surface area contributed by atoms with Crippen LogP contribution < -0.4 is 33.2 Å². The third-order valence-corrected chi connectivity index (χ3v) is 6.91. The van der Waals surface area contributed by atoms with Crippen molar-refractivity contribution in [2.75, 3.05) is 12.3 Å². The predicted octanol–water partition coefficient (Wildman–Crippen LogP) is -0.414. The SMILES string of the molecule is CC[C@H](C)[C@@H]1NC(=O)c2ccccc2CSCC(C(N)=O)NC(=O)[C@H](CCCN=C(N)N)NC1=O. The molecular weight excluding hydrogens is 470 g/mol. The van der Waals surface area contributed by atoms with Crippen LogP contribution in [0.3, 0.4) is 0 Å². The van der Waals surface area contributed by atoms with E-state index in [1.54, 1.807) is 12.1 Å². The number of rotatable bonds is 7. The number of nitrogens with zero attached hydrogens (tertiary/aromatic N) is 1. The molecule has 0 aromatic heterocycles.